The summed E-state index contributed by atoms with van der Waals surface area (Å²) in [5, 5.41) is 21.8. The predicted molar refractivity (Wildman–Crippen MR) is 170 cm³/mol. The van der Waals surface area contributed by atoms with Gasteiger partial charge in [-0.2, -0.15) is 18.3 Å². The van der Waals surface area contributed by atoms with Gasteiger partial charge in [0.05, 0.1) is 11.1 Å². The average molecular weight is 674 g/mol. The molecule has 4 N–H and O–H groups in total. The van der Waals surface area contributed by atoms with Crippen LogP contribution in [-0.2, 0) is 22.5 Å². The molecule has 48 heavy (non-hydrogen) atoms. The van der Waals surface area contributed by atoms with Crippen molar-refractivity contribution in [1.82, 2.24) is 15.1 Å². The van der Waals surface area contributed by atoms with E-state index in [4.69, 9.17) is 14.6 Å². The van der Waals surface area contributed by atoms with Crippen LogP contribution in [0.3, 0.4) is 0 Å². The van der Waals surface area contributed by atoms with E-state index >= 15 is 0 Å². The molecular weight excluding hydrogens is 637 g/mol. The van der Waals surface area contributed by atoms with Crippen LogP contribution < -0.4 is 10.6 Å². The quantitative estimate of drug-likeness (QED) is 0.150. The number of anilines is 2. The van der Waals surface area contributed by atoms with Gasteiger partial charge in [-0.05, 0) is 98.3 Å². The first-order valence-electron chi connectivity index (χ1n) is 15.7. The Bertz CT molecular complexity index is 1710. The van der Waals surface area contributed by atoms with Crippen LogP contribution >= 0.6 is 0 Å². The van der Waals surface area contributed by atoms with Crippen molar-refractivity contribution < 1.29 is 41.4 Å². The Morgan fingerprint density at radius 1 is 0.917 bits per heavy atom. The normalized spacial score (nSPS) is 15.9. The minimum absolute atomic E-state index is 0.238. The number of carbonyl (C=O) groups is 2. The van der Waals surface area contributed by atoms with E-state index < -0.39 is 23.8 Å². The molecule has 4 aromatic rings. The number of nitrogens with zero attached hydrogens (tertiary/aromatic N) is 2. The minimum Gasteiger partial charge on any atom is -0.475 e. The molecule has 0 aliphatic carbocycles. The number of nitrogens with one attached hydrogen (secondary N) is 3. The van der Waals surface area contributed by atoms with E-state index in [-0.39, 0.29) is 11.9 Å². The second-order valence-electron chi connectivity index (χ2n) is 11.9. The second-order valence-corrected chi connectivity index (χ2v) is 11.9. The van der Waals surface area contributed by atoms with Crippen LogP contribution in [0, 0.1) is 11.6 Å². The maximum Gasteiger partial charge on any atom is 0.490 e. The zero-order valence-electron chi connectivity index (χ0n) is 26.0. The fourth-order valence-electron chi connectivity index (χ4n) is 5.83. The average Bonchev–Trinajstić information content (AvgIpc) is 3.43. The van der Waals surface area contributed by atoms with Crippen LogP contribution in [0.2, 0.25) is 0 Å². The van der Waals surface area contributed by atoms with E-state index in [0.29, 0.717) is 36.6 Å². The minimum atomic E-state index is -5.08. The first-order valence-corrected chi connectivity index (χ1v) is 15.7. The lowest BCUT2D eigenvalue weighted by Gasteiger charge is -2.28. The van der Waals surface area contributed by atoms with Crippen molar-refractivity contribution in [3.8, 4) is 0 Å². The van der Waals surface area contributed by atoms with Crippen LogP contribution in [0.1, 0.15) is 59.2 Å². The Hall–Kier alpha value is -4.56. The van der Waals surface area contributed by atoms with Crippen LogP contribution in [-0.4, -0.2) is 70.6 Å². The van der Waals surface area contributed by atoms with Gasteiger partial charge in [0.15, 0.2) is 5.82 Å². The number of amides is 1. The molecule has 2 saturated heterocycles. The summed E-state index contributed by atoms with van der Waals surface area (Å²) in [5.74, 6) is -3.82. The maximum absolute atomic E-state index is 13.7. The summed E-state index contributed by atoms with van der Waals surface area (Å²) < 4.78 is 64.7. The van der Waals surface area contributed by atoms with Gasteiger partial charge in [0.1, 0.15) is 11.6 Å². The number of ether oxygens (including phenoxy) is 1. The van der Waals surface area contributed by atoms with Gasteiger partial charge in [-0.3, -0.25) is 14.8 Å². The molecule has 0 spiro atoms. The highest BCUT2D eigenvalue weighted by atomic mass is 19.4. The number of halogens is 5. The number of carbonyl (C=O) groups excluding carboxylic acids is 1. The van der Waals surface area contributed by atoms with Gasteiger partial charge in [-0.25, -0.2) is 13.6 Å². The molecule has 14 heteroatoms. The lowest BCUT2D eigenvalue weighted by molar-refractivity contribution is -0.192. The Kier molecular flexibility index (Phi) is 11.3. The fraction of sp³-hybridized carbons (Fsp3) is 0.382. The summed E-state index contributed by atoms with van der Waals surface area (Å²) in [6, 6.07) is 15.4. The van der Waals surface area contributed by atoms with Gasteiger partial charge >= 0.3 is 12.1 Å². The Labute approximate surface area is 273 Å². The Balaban J connectivity index is 0.000000582. The van der Waals surface area contributed by atoms with Crippen molar-refractivity contribution >= 4 is 34.3 Å². The molecule has 3 aromatic carbocycles. The zero-order valence-corrected chi connectivity index (χ0v) is 26.0. The summed E-state index contributed by atoms with van der Waals surface area (Å²) >= 11 is 0. The molecule has 3 heterocycles. The first-order chi connectivity index (χ1) is 22.9. The molecule has 256 valence electrons. The van der Waals surface area contributed by atoms with Gasteiger partial charge in [-0.1, -0.05) is 18.6 Å². The van der Waals surface area contributed by atoms with Crippen molar-refractivity contribution in [2.75, 3.05) is 36.9 Å². The lowest BCUT2D eigenvalue weighted by atomic mass is 10.0. The maximum atomic E-state index is 13.7. The molecule has 9 nitrogen and oxygen atoms in total. The van der Waals surface area contributed by atoms with Gasteiger partial charge in [0.25, 0.3) is 5.91 Å². The van der Waals surface area contributed by atoms with Crippen LogP contribution in [0.4, 0.5) is 33.5 Å². The summed E-state index contributed by atoms with van der Waals surface area (Å²) in [6.07, 6.45) is 0.788. The van der Waals surface area contributed by atoms with E-state index in [1.165, 1.54) is 37.0 Å². The van der Waals surface area contributed by atoms with Gasteiger partial charge in [-0.15, -0.1) is 0 Å². The number of aliphatic carboxylic acids is 1. The number of alkyl halides is 3. The van der Waals surface area contributed by atoms with Crippen molar-refractivity contribution in [3.05, 3.63) is 88.5 Å². The number of rotatable bonds is 8. The van der Waals surface area contributed by atoms with Gasteiger partial charge in [0.2, 0.25) is 0 Å². The van der Waals surface area contributed by atoms with E-state index in [1.54, 1.807) is 0 Å². The van der Waals surface area contributed by atoms with Crippen molar-refractivity contribution in [2.24, 2.45) is 0 Å². The highest BCUT2D eigenvalue weighted by Gasteiger charge is 2.38. The van der Waals surface area contributed by atoms with Crippen molar-refractivity contribution in [2.45, 2.75) is 57.3 Å². The topological polar surface area (TPSA) is 120 Å². The summed E-state index contributed by atoms with van der Waals surface area (Å²) in [6.45, 7) is 4.49. The number of H-pyrrole nitrogens is 1. The second kappa shape index (κ2) is 15.6. The van der Waals surface area contributed by atoms with Crippen molar-refractivity contribution in [1.29, 1.82) is 0 Å². The number of aromatic nitrogens is 2. The number of likely N-dealkylation sites (tertiary alicyclic amines) is 1. The number of hydrogen-bond donors (Lipinski definition) is 4. The summed E-state index contributed by atoms with van der Waals surface area (Å²) in [7, 11) is 0. The Morgan fingerprint density at radius 3 is 2.25 bits per heavy atom. The smallest absolute Gasteiger partial charge is 0.475 e. The number of carboxylic acids is 1. The number of hydrogen-bond acceptors (Lipinski definition) is 6. The highest BCUT2D eigenvalue weighted by molar-refractivity contribution is 6.10. The highest BCUT2D eigenvalue weighted by Crippen LogP contribution is 2.27. The van der Waals surface area contributed by atoms with Crippen LogP contribution in [0.15, 0.2) is 54.6 Å². The molecule has 2 aliphatic rings. The van der Waals surface area contributed by atoms with Gasteiger partial charge in [0, 0.05) is 42.9 Å². The van der Waals surface area contributed by atoms with Crippen LogP contribution in [0.25, 0.3) is 10.9 Å². The first kappa shape index (κ1) is 34.8. The lowest BCUT2D eigenvalue weighted by Crippen LogP contribution is -2.30. The van der Waals surface area contributed by atoms with E-state index in [2.05, 4.69) is 31.8 Å². The number of fused-ring (bicyclic) bond motifs is 1. The number of aromatic amines is 1. The Morgan fingerprint density at radius 2 is 1.58 bits per heavy atom. The van der Waals surface area contributed by atoms with Crippen molar-refractivity contribution in [3.63, 3.8) is 0 Å². The summed E-state index contributed by atoms with van der Waals surface area (Å²) in [5.41, 5.74) is 4.69. The van der Waals surface area contributed by atoms with E-state index in [1.807, 2.05) is 30.3 Å². The molecule has 6 rings (SSSR count). The standard InChI is InChI=1S/C32H35F2N5O2.C2HF3O2/c33-24-15-23(16-25(34)19-24)14-21-5-7-29-28(17-21)31(38-37-29)36-32(40)27-6-4-22(20-39-10-2-1-3-11-39)18-30(27)35-26-8-12-41-13-9-26;3-2(4,5)1(6)7/h4-7,15-19,26,35H,1-3,8-14,20H2,(H2,36,37,38,40);(H,6,7). The monoisotopic (exact) mass is 673 g/mol. The molecule has 0 bridgehead atoms. The molecule has 1 aromatic heterocycles. The largest absolute Gasteiger partial charge is 0.490 e. The van der Waals surface area contributed by atoms with Crippen LogP contribution in [0.5, 0.6) is 0 Å². The molecule has 0 saturated carbocycles. The molecule has 2 fully saturated rings. The molecule has 0 unspecified atom stereocenters. The van der Waals surface area contributed by atoms with Gasteiger partial charge < -0.3 is 20.5 Å². The molecule has 0 radical (unpaired) electrons. The summed E-state index contributed by atoms with van der Waals surface area (Å²) in [4.78, 5) is 25.0. The third-order valence-electron chi connectivity index (χ3n) is 8.20. The number of carboxylic acid groups (broad SMARTS) is 1. The van der Waals surface area contributed by atoms with E-state index in [9.17, 15) is 26.7 Å². The third-order valence-corrected chi connectivity index (χ3v) is 8.20. The number of piperidine rings is 1. The molecule has 0 atom stereocenters. The predicted octanol–water partition coefficient (Wildman–Crippen LogP) is 6.89. The number of benzene rings is 3. The zero-order chi connectivity index (χ0) is 34.3. The van der Waals surface area contributed by atoms with E-state index in [0.717, 1.165) is 60.7 Å². The molecule has 1 amide bonds. The molecular formula is C34H36F5N5O4. The third kappa shape index (κ3) is 9.50. The SMILES string of the molecule is O=C(Nc1n[nH]c2ccc(Cc3cc(F)cc(F)c3)cc12)c1ccc(CN2CCCCC2)cc1NC1CCOCC1.O=C(O)C(F)(F)F. The fourth-order valence-corrected chi connectivity index (χ4v) is 5.83. The molecule has 2 aliphatic heterocycles.